The molecule has 0 aromatic rings. The fourth-order valence-electron chi connectivity index (χ4n) is 2.85. The maximum absolute atomic E-state index is 10.5. The molecule has 0 aliphatic heterocycles. The molecule has 0 aromatic heterocycles. The maximum Gasteiger partial charge on any atom is 0.469 e. The third kappa shape index (κ3) is 20.1. The van der Waals surface area contributed by atoms with Crippen LogP contribution >= 0.6 is 7.82 Å². The molecule has 0 aliphatic carbocycles. The van der Waals surface area contributed by atoms with Crippen LogP contribution in [0.5, 0.6) is 0 Å². The summed E-state index contributed by atoms with van der Waals surface area (Å²) in [4.78, 5) is 17.1. The Morgan fingerprint density at radius 2 is 1.17 bits per heavy atom. The summed E-state index contributed by atoms with van der Waals surface area (Å²) in [6, 6.07) is 0. The second-order valence-corrected chi connectivity index (χ2v) is 8.04. The number of hydrogen-bond donors (Lipinski definition) is 3. The van der Waals surface area contributed by atoms with Crippen LogP contribution in [0.25, 0.3) is 0 Å². The molecule has 0 aromatic carbocycles. The molecule has 0 saturated heterocycles. The first-order valence-electron chi connectivity index (χ1n) is 9.84. The lowest BCUT2D eigenvalue weighted by Crippen LogP contribution is -2.05. The van der Waals surface area contributed by atoms with Gasteiger partial charge >= 0.3 is 7.82 Å². The van der Waals surface area contributed by atoms with Gasteiger partial charge in [-0.25, -0.2) is 4.57 Å². The number of hydrogen-bond acceptors (Lipinski definition) is 3. The first-order valence-corrected chi connectivity index (χ1v) is 11.4. The van der Waals surface area contributed by atoms with Crippen molar-refractivity contribution in [3.63, 3.8) is 0 Å². The zero-order valence-electron chi connectivity index (χ0n) is 15.5. The molecule has 1 atom stereocenters. The molecule has 0 radical (unpaired) electrons. The van der Waals surface area contributed by atoms with Gasteiger partial charge in [0.15, 0.2) is 0 Å². The molecule has 0 rings (SSSR count). The maximum atomic E-state index is 10.5. The molecular weight excluding hydrogens is 327 g/mol. The number of phosphoric acid groups is 1. The highest BCUT2D eigenvalue weighted by Crippen LogP contribution is 2.35. The monoisotopic (exact) mass is 366 g/mol. The van der Waals surface area contributed by atoms with Gasteiger partial charge < -0.3 is 14.9 Å². The van der Waals surface area contributed by atoms with Gasteiger partial charge in [-0.05, 0) is 19.3 Å². The third-order valence-corrected chi connectivity index (χ3v) is 4.85. The molecule has 24 heavy (non-hydrogen) atoms. The van der Waals surface area contributed by atoms with E-state index in [1.807, 2.05) is 0 Å². The van der Waals surface area contributed by atoms with Gasteiger partial charge in [-0.3, -0.25) is 4.52 Å². The summed E-state index contributed by atoms with van der Waals surface area (Å²) in [6.07, 6.45) is 16.7. The van der Waals surface area contributed by atoms with E-state index in [2.05, 4.69) is 11.4 Å². The topological polar surface area (TPSA) is 87.0 Å². The van der Waals surface area contributed by atoms with Crippen molar-refractivity contribution < 1.29 is 24.0 Å². The van der Waals surface area contributed by atoms with Gasteiger partial charge in [0.1, 0.15) is 0 Å². The van der Waals surface area contributed by atoms with Crippen molar-refractivity contribution in [1.82, 2.24) is 0 Å². The van der Waals surface area contributed by atoms with Gasteiger partial charge in [0.05, 0.1) is 12.7 Å². The quantitative estimate of drug-likeness (QED) is 0.225. The number of phosphoric ester groups is 1. The van der Waals surface area contributed by atoms with Crippen LogP contribution in [0.1, 0.15) is 103 Å². The van der Waals surface area contributed by atoms with Gasteiger partial charge in [-0.2, -0.15) is 0 Å². The highest BCUT2D eigenvalue weighted by molar-refractivity contribution is 7.46. The van der Waals surface area contributed by atoms with E-state index >= 15 is 0 Å². The lowest BCUT2D eigenvalue weighted by atomic mass is 10.0. The van der Waals surface area contributed by atoms with Gasteiger partial charge in [0, 0.05) is 0 Å². The predicted molar refractivity (Wildman–Crippen MR) is 98.9 cm³/mol. The Kier molecular flexibility index (Phi) is 16.6. The summed E-state index contributed by atoms with van der Waals surface area (Å²) in [5, 5.41) is 9.88. The second-order valence-electron chi connectivity index (χ2n) is 6.80. The average Bonchev–Trinajstić information content (AvgIpc) is 2.51. The first-order chi connectivity index (χ1) is 11.5. The fourth-order valence-corrected chi connectivity index (χ4v) is 3.22. The SMILES string of the molecule is CCCCCCC(O)CCCCCCCCCCCOP(=O)(O)O. The fraction of sp³-hybridized carbons (Fsp3) is 1.00. The van der Waals surface area contributed by atoms with Gasteiger partial charge in [-0.15, -0.1) is 0 Å². The van der Waals surface area contributed by atoms with Crippen LogP contribution < -0.4 is 0 Å². The van der Waals surface area contributed by atoms with Crippen LogP contribution in [-0.4, -0.2) is 27.6 Å². The van der Waals surface area contributed by atoms with Crippen molar-refractivity contribution in [2.75, 3.05) is 6.61 Å². The van der Waals surface area contributed by atoms with Crippen LogP contribution in [0, 0.1) is 0 Å². The van der Waals surface area contributed by atoms with E-state index in [0.29, 0.717) is 6.42 Å². The molecule has 0 spiro atoms. The molecule has 0 bridgehead atoms. The van der Waals surface area contributed by atoms with Gasteiger partial charge in [0.25, 0.3) is 0 Å². The molecule has 0 amide bonds. The minimum Gasteiger partial charge on any atom is -0.393 e. The number of unbranched alkanes of at least 4 members (excludes halogenated alkanes) is 11. The Hall–Kier alpha value is 0.0700. The van der Waals surface area contributed by atoms with Crippen molar-refractivity contribution in [2.45, 2.75) is 109 Å². The van der Waals surface area contributed by atoms with Crippen LogP contribution in [0.15, 0.2) is 0 Å². The molecule has 0 saturated carbocycles. The lowest BCUT2D eigenvalue weighted by molar-refractivity contribution is 0.147. The lowest BCUT2D eigenvalue weighted by Gasteiger charge is -2.10. The first kappa shape index (κ1) is 24.1. The zero-order valence-corrected chi connectivity index (χ0v) is 16.4. The molecule has 3 N–H and O–H groups in total. The summed E-state index contributed by atoms with van der Waals surface area (Å²) in [5.41, 5.74) is 0. The van der Waals surface area contributed by atoms with E-state index in [1.54, 1.807) is 0 Å². The highest BCUT2D eigenvalue weighted by atomic mass is 31.2. The minimum absolute atomic E-state index is 0.0998. The van der Waals surface area contributed by atoms with Crippen molar-refractivity contribution in [1.29, 1.82) is 0 Å². The van der Waals surface area contributed by atoms with E-state index in [0.717, 1.165) is 38.5 Å². The van der Waals surface area contributed by atoms with Crippen molar-refractivity contribution >= 4 is 7.82 Å². The molecular formula is C18H39O5P. The summed E-state index contributed by atoms with van der Waals surface area (Å²) < 4.78 is 14.9. The summed E-state index contributed by atoms with van der Waals surface area (Å²) in [5.74, 6) is 0. The van der Waals surface area contributed by atoms with E-state index in [1.165, 1.54) is 51.4 Å². The Bertz CT molecular complexity index is 306. The normalized spacial score (nSPS) is 13.3. The second kappa shape index (κ2) is 16.5. The highest BCUT2D eigenvalue weighted by Gasteiger charge is 2.12. The van der Waals surface area contributed by atoms with Crippen molar-refractivity contribution in [2.24, 2.45) is 0 Å². The number of rotatable bonds is 18. The molecule has 1 unspecified atom stereocenters. The Morgan fingerprint density at radius 3 is 1.62 bits per heavy atom. The molecule has 0 fully saturated rings. The predicted octanol–water partition coefficient (Wildman–Crippen LogP) is 5.33. The Balaban J connectivity index is 3.16. The summed E-state index contributed by atoms with van der Waals surface area (Å²) >= 11 is 0. The standard InChI is InChI=1S/C18H39O5P/c1-2-3-4-12-15-18(19)16-13-10-8-6-5-7-9-11-14-17-23-24(20,21)22/h18-19H,2-17H2,1H3,(H2,20,21,22). The van der Waals surface area contributed by atoms with Crippen molar-refractivity contribution in [3.8, 4) is 0 Å². The summed E-state index contributed by atoms with van der Waals surface area (Å²) in [6.45, 7) is 2.35. The minimum atomic E-state index is -4.28. The molecule has 0 heterocycles. The molecule has 5 nitrogen and oxygen atoms in total. The van der Waals surface area contributed by atoms with Crippen LogP contribution in [0.4, 0.5) is 0 Å². The van der Waals surface area contributed by atoms with Gasteiger partial charge in [0.2, 0.25) is 0 Å². The van der Waals surface area contributed by atoms with Crippen LogP contribution in [-0.2, 0) is 9.09 Å². The van der Waals surface area contributed by atoms with E-state index in [9.17, 15) is 9.67 Å². The van der Waals surface area contributed by atoms with Crippen LogP contribution in [0.2, 0.25) is 0 Å². The molecule has 6 heteroatoms. The smallest absolute Gasteiger partial charge is 0.393 e. The summed E-state index contributed by atoms with van der Waals surface area (Å²) in [7, 11) is -4.28. The van der Waals surface area contributed by atoms with Crippen molar-refractivity contribution in [3.05, 3.63) is 0 Å². The third-order valence-electron chi connectivity index (χ3n) is 4.33. The molecule has 146 valence electrons. The molecule has 0 aliphatic rings. The van der Waals surface area contributed by atoms with E-state index in [-0.39, 0.29) is 12.7 Å². The Morgan fingerprint density at radius 1 is 0.750 bits per heavy atom. The van der Waals surface area contributed by atoms with Gasteiger partial charge in [-0.1, -0.05) is 84.0 Å². The van der Waals surface area contributed by atoms with E-state index in [4.69, 9.17) is 9.79 Å². The average molecular weight is 366 g/mol. The number of aliphatic hydroxyl groups is 1. The number of aliphatic hydroxyl groups excluding tert-OH is 1. The zero-order chi connectivity index (χ0) is 18.1. The van der Waals surface area contributed by atoms with E-state index < -0.39 is 7.82 Å². The largest absolute Gasteiger partial charge is 0.469 e. The Labute approximate surface area is 148 Å². The van der Waals surface area contributed by atoms with Crippen LogP contribution in [0.3, 0.4) is 0 Å².